The molecule has 0 spiro atoms. The SMILES string of the molecule is Cn1ncc(NC(=O)N2CCOC(CCc3ccccc3)C2)c1-c1ccccc1. The number of hydrogen-bond acceptors (Lipinski definition) is 3. The van der Waals surface area contributed by atoms with Gasteiger partial charge in [0, 0.05) is 25.7 Å². The average molecular weight is 390 g/mol. The van der Waals surface area contributed by atoms with Gasteiger partial charge < -0.3 is 15.0 Å². The van der Waals surface area contributed by atoms with Crippen molar-refractivity contribution >= 4 is 11.7 Å². The molecule has 150 valence electrons. The predicted octanol–water partition coefficient (Wildman–Crippen LogP) is 3.95. The van der Waals surface area contributed by atoms with E-state index in [0.717, 1.165) is 29.8 Å². The van der Waals surface area contributed by atoms with Crippen molar-refractivity contribution in [1.82, 2.24) is 14.7 Å². The topological polar surface area (TPSA) is 59.4 Å². The first-order chi connectivity index (χ1) is 14.2. The number of carbonyl (C=O) groups is 1. The highest BCUT2D eigenvalue weighted by Crippen LogP contribution is 2.27. The fourth-order valence-electron chi connectivity index (χ4n) is 3.71. The van der Waals surface area contributed by atoms with Crippen LogP contribution in [0.25, 0.3) is 11.3 Å². The standard InChI is InChI=1S/C23H26N4O2/c1-26-22(19-10-6-3-7-11-19)21(16-24-26)25-23(28)27-14-15-29-20(17-27)13-12-18-8-4-2-5-9-18/h2-11,16,20H,12-15,17H2,1H3,(H,25,28). The van der Waals surface area contributed by atoms with Gasteiger partial charge in [-0.25, -0.2) is 4.79 Å². The van der Waals surface area contributed by atoms with Crippen LogP contribution in [-0.2, 0) is 18.2 Å². The Kier molecular flexibility index (Phi) is 5.91. The molecule has 1 saturated heterocycles. The summed E-state index contributed by atoms with van der Waals surface area (Å²) in [7, 11) is 1.88. The normalized spacial score (nSPS) is 16.6. The second kappa shape index (κ2) is 8.92. The molecule has 29 heavy (non-hydrogen) atoms. The molecular weight excluding hydrogens is 364 g/mol. The van der Waals surface area contributed by atoms with E-state index in [-0.39, 0.29) is 12.1 Å². The number of hydrogen-bond donors (Lipinski definition) is 1. The van der Waals surface area contributed by atoms with Crippen molar-refractivity contribution in [2.45, 2.75) is 18.9 Å². The molecule has 0 radical (unpaired) electrons. The highest BCUT2D eigenvalue weighted by atomic mass is 16.5. The van der Waals surface area contributed by atoms with E-state index in [1.807, 2.05) is 48.3 Å². The summed E-state index contributed by atoms with van der Waals surface area (Å²) in [4.78, 5) is 14.7. The highest BCUT2D eigenvalue weighted by molar-refractivity contribution is 5.93. The van der Waals surface area contributed by atoms with E-state index in [1.54, 1.807) is 10.9 Å². The lowest BCUT2D eigenvalue weighted by atomic mass is 10.1. The first-order valence-electron chi connectivity index (χ1n) is 9.99. The molecule has 1 N–H and O–H groups in total. The Hall–Kier alpha value is -3.12. The molecule has 2 amide bonds. The van der Waals surface area contributed by atoms with E-state index in [4.69, 9.17) is 4.74 Å². The van der Waals surface area contributed by atoms with Crippen LogP contribution in [0.2, 0.25) is 0 Å². The number of carbonyl (C=O) groups excluding carboxylic acids is 1. The van der Waals surface area contributed by atoms with Gasteiger partial charge >= 0.3 is 6.03 Å². The van der Waals surface area contributed by atoms with E-state index >= 15 is 0 Å². The summed E-state index contributed by atoms with van der Waals surface area (Å²) in [6.45, 7) is 1.75. The van der Waals surface area contributed by atoms with Gasteiger partial charge in [0.15, 0.2) is 0 Å². The Bertz CT molecular complexity index is 940. The number of ether oxygens (including phenoxy) is 1. The van der Waals surface area contributed by atoms with Gasteiger partial charge in [-0.1, -0.05) is 60.7 Å². The molecule has 1 aliphatic rings. The lowest BCUT2D eigenvalue weighted by molar-refractivity contribution is -0.0157. The van der Waals surface area contributed by atoms with Gasteiger partial charge in [0.1, 0.15) is 0 Å². The van der Waals surface area contributed by atoms with Crippen molar-refractivity contribution in [3.8, 4) is 11.3 Å². The van der Waals surface area contributed by atoms with Crippen molar-refractivity contribution in [2.75, 3.05) is 25.0 Å². The molecule has 1 aromatic heterocycles. The van der Waals surface area contributed by atoms with Crippen LogP contribution in [0, 0.1) is 0 Å². The zero-order valence-electron chi connectivity index (χ0n) is 16.6. The molecule has 6 nitrogen and oxygen atoms in total. The second-order valence-corrected chi connectivity index (χ2v) is 7.29. The minimum absolute atomic E-state index is 0.0530. The lowest BCUT2D eigenvalue weighted by Gasteiger charge is -2.33. The van der Waals surface area contributed by atoms with E-state index in [0.29, 0.717) is 19.7 Å². The first-order valence-corrected chi connectivity index (χ1v) is 9.99. The minimum Gasteiger partial charge on any atom is -0.375 e. The van der Waals surface area contributed by atoms with Crippen LogP contribution < -0.4 is 5.32 Å². The Morgan fingerprint density at radius 3 is 2.62 bits per heavy atom. The Morgan fingerprint density at radius 2 is 1.86 bits per heavy atom. The third kappa shape index (κ3) is 4.66. The number of aryl methyl sites for hydroxylation is 2. The zero-order valence-corrected chi connectivity index (χ0v) is 16.6. The van der Waals surface area contributed by atoms with Crippen LogP contribution in [0.1, 0.15) is 12.0 Å². The maximum atomic E-state index is 12.9. The van der Waals surface area contributed by atoms with Crippen LogP contribution in [-0.4, -0.2) is 46.5 Å². The second-order valence-electron chi connectivity index (χ2n) is 7.29. The van der Waals surface area contributed by atoms with Crippen molar-refractivity contribution < 1.29 is 9.53 Å². The number of morpholine rings is 1. The number of amides is 2. The van der Waals surface area contributed by atoms with Crippen LogP contribution in [0.4, 0.5) is 10.5 Å². The molecule has 3 aromatic rings. The number of benzene rings is 2. The monoisotopic (exact) mass is 390 g/mol. The number of anilines is 1. The molecule has 1 aliphatic heterocycles. The Morgan fingerprint density at radius 1 is 1.14 bits per heavy atom. The van der Waals surface area contributed by atoms with Crippen molar-refractivity contribution in [3.05, 3.63) is 72.4 Å². The molecule has 2 aromatic carbocycles. The molecule has 6 heteroatoms. The van der Waals surface area contributed by atoms with Gasteiger partial charge in [-0.05, 0) is 18.4 Å². The fraction of sp³-hybridized carbons (Fsp3) is 0.304. The molecule has 0 bridgehead atoms. The number of urea groups is 1. The molecule has 2 heterocycles. The lowest BCUT2D eigenvalue weighted by Crippen LogP contribution is -2.47. The first kappa shape index (κ1) is 19.2. The molecule has 4 rings (SSSR count). The van der Waals surface area contributed by atoms with E-state index in [1.165, 1.54) is 5.56 Å². The maximum Gasteiger partial charge on any atom is 0.322 e. The molecule has 1 atom stereocenters. The third-order valence-electron chi connectivity index (χ3n) is 5.25. The van der Waals surface area contributed by atoms with Crippen LogP contribution in [0.5, 0.6) is 0 Å². The zero-order chi connectivity index (χ0) is 20.1. The molecule has 0 saturated carbocycles. The number of rotatable bonds is 5. The largest absolute Gasteiger partial charge is 0.375 e. The fourth-order valence-corrected chi connectivity index (χ4v) is 3.71. The summed E-state index contributed by atoms with van der Waals surface area (Å²) in [5.41, 5.74) is 3.93. The molecule has 1 fully saturated rings. The van der Waals surface area contributed by atoms with Crippen molar-refractivity contribution in [2.24, 2.45) is 7.05 Å². The Balaban J connectivity index is 1.39. The smallest absolute Gasteiger partial charge is 0.322 e. The number of nitrogens with zero attached hydrogens (tertiary/aromatic N) is 3. The van der Waals surface area contributed by atoms with Crippen LogP contribution in [0.15, 0.2) is 66.9 Å². The van der Waals surface area contributed by atoms with E-state index in [9.17, 15) is 4.79 Å². The van der Waals surface area contributed by atoms with Crippen molar-refractivity contribution in [1.29, 1.82) is 0 Å². The third-order valence-corrected chi connectivity index (χ3v) is 5.25. The quantitative estimate of drug-likeness (QED) is 0.718. The van der Waals surface area contributed by atoms with Gasteiger partial charge in [0.05, 0.1) is 30.3 Å². The molecule has 0 aliphatic carbocycles. The van der Waals surface area contributed by atoms with Crippen LogP contribution in [0.3, 0.4) is 0 Å². The number of aromatic nitrogens is 2. The summed E-state index contributed by atoms with van der Waals surface area (Å²) in [6, 6.07) is 20.2. The van der Waals surface area contributed by atoms with Gasteiger partial charge in [0.2, 0.25) is 0 Å². The van der Waals surface area contributed by atoms with Gasteiger partial charge in [-0.15, -0.1) is 0 Å². The molecule has 1 unspecified atom stereocenters. The Labute approximate surface area is 171 Å². The summed E-state index contributed by atoms with van der Waals surface area (Å²) in [6.07, 6.45) is 3.60. The van der Waals surface area contributed by atoms with Gasteiger partial charge in [-0.2, -0.15) is 5.10 Å². The number of nitrogens with one attached hydrogen (secondary N) is 1. The summed E-state index contributed by atoms with van der Waals surface area (Å²) < 4.78 is 7.67. The maximum absolute atomic E-state index is 12.9. The summed E-state index contributed by atoms with van der Waals surface area (Å²) >= 11 is 0. The summed E-state index contributed by atoms with van der Waals surface area (Å²) in [5, 5.41) is 7.37. The predicted molar refractivity (Wildman–Crippen MR) is 114 cm³/mol. The molecular formula is C23H26N4O2. The van der Waals surface area contributed by atoms with Crippen molar-refractivity contribution in [3.63, 3.8) is 0 Å². The van der Waals surface area contributed by atoms with Crippen LogP contribution >= 0.6 is 0 Å². The van der Waals surface area contributed by atoms with Gasteiger partial charge in [0.25, 0.3) is 0 Å². The average Bonchev–Trinajstić information content (AvgIpc) is 3.13. The van der Waals surface area contributed by atoms with E-state index in [2.05, 4.69) is 34.7 Å². The highest BCUT2D eigenvalue weighted by Gasteiger charge is 2.25. The summed E-state index contributed by atoms with van der Waals surface area (Å²) in [5.74, 6) is 0. The van der Waals surface area contributed by atoms with E-state index < -0.39 is 0 Å². The minimum atomic E-state index is -0.108. The van der Waals surface area contributed by atoms with Gasteiger partial charge in [-0.3, -0.25) is 4.68 Å².